The third-order valence-corrected chi connectivity index (χ3v) is 7.00. The van der Waals surface area contributed by atoms with Gasteiger partial charge in [-0.1, -0.05) is 6.07 Å². The molecule has 2 aliphatic carbocycles. The number of nitrogens with zero attached hydrogens (tertiary/aromatic N) is 3. The first-order chi connectivity index (χ1) is 16.8. The van der Waals surface area contributed by atoms with Crippen molar-refractivity contribution in [1.29, 1.82) is 0 Å². The van der Waals surface area contributed by atoms with Gasteiger partial charge in [-0.3, -0.25) is 14.4 Å². The molecule has 5 rings (SSSR count). The molecular formula is C24H27N5O6. The zero-order valence-electron chi connectivity index (χ0n) is 19.6. The van der Waals surface area contributed by atoms with Gasteiger partial charge in [0.15, 0.2) is 12.2 Å². The number of oxazole rings is 1. The Hall–Kier alpha value is -3.73. The summed E-state index contributed by atoms with van der Waals surface area (Å²) in [7, 11) is 1.50. The zero-order chi connectivity index (χ0) is 24.7. The van der Waals surface area contributed by atoms with E-state index in [1.807, 2.05) is 6.92 Å². The average Bonchev–Trinajstić information content (AvgIpc) is 3.37. The number of carbonyl (C=O) groups is 4. The lowest BCUT2D eigenvalue weighted by atomic mass is 9.94. The maximum Gasteiger partial charge on any atom is 0.318 e. The molecular weight excluding hydrogens is 454 g/mol. The Balaban J connectivity index is 1.34. The molecule has 3 aliphatic rings. The maximum absolute atomic E-state index is 13.5. The summed E-state index contributed by atoms with van der Waals surface area (Å²) in [5.74, 6) is -0.738. The van der Waals surface area contributed by atoms with E-state index in [2.05, 4.69) is 15.6 Å². The van der Waals surface area contributed by atoms with Crippen LogP contribution in [-0.2, 0) is 37.7 Å². The van der Waals surface area contributed by atoms with Crippen molar-refractivity contribution < 1.29 is 28.3 Å². The van der Waals surface area contributed by atoms with Crippen LogP contribution >= 0.6 is 0 Å². The summed E-state index contributed by atoms with van der Waals surface area (Å²) in [5, 5.41) is 5.12. The number of Topliss-reactive ketones (excluding diaryl/α,β-unsaturated/α-hetero) is 1. The molecule has 1 aromatic heterocycles. The van der Waals surface area contributed by atoms with Crippen molar-refractivity contribution in [2.75, 3.05) is 25.6 Å². The maximum atomic E-state index is 13.5. The Labute approximate surface area is 201 Å². The number of hydrogen-bond acceptors (Lipinski definition) is 7. The van der Waals surface area contributed by atoms with Crippen molar-refractivity contribution in [1.82, 2.24) is 20.1 Å². The van der Waals surface area contributed by atoms with Gasteiger partial charge in [0, 0.05) is 30.8 Å². The summed E-state index contributed by atoms with van der Waals surface area (Å²) >= 11 is 0. The van der Waals surface area contributed by atoms with Gasteiger partial charge < -0.3 is 29.6 Å². The van der Waals surface area contributed by atoms with Crippen LogP contribution in [-0.4, -0.2) is 64.8 Å². The molecule has 1 saturated carbocycles. The number of ether oxygens (including phenoxy) is 1. The van der Waals surface area contributed by atoms with Gasteiger partial charge in [0.05, 0.1) is 12.2 Å². The molecule has 1 unspecified atom stereocenters. The number of anilines is 1. The number of aromatic nitrogens is 1. The quantitative estimate of drug-likeness (QED) is 0.571. The molecule has 1 saturated heterocycles. The third-order valence-electron chi connectivity index (χ3n) is 7.00. The van der Waals surface area contributed by atoms with Crippen molar-refractivity contribution in [3.05, 3.63) is 47.7 Å². The highest BCUT2D eigenvalue weighted by Crippen LogP contribution is 2.43. The Morgan fingerprint density at radius 2 is 2.11 bits per heavy atom. The number of ketones is 1. The van der Waals surface area contributed by atoms with E-state index in [1.165, 1.54) is 24.6 Å². The Morgan fingerprint density at radius 1 is 1.31 bits per heavy atom. The highest BCUT2D eigenvalue weighted by molar-refractivity contribution is 6.15. The van der Waals surface area contributed by atoms with Gasteiger partial charge in [-0.15, -0.1) is 0 Å². The number of amides is 4. The molecule has 35 heavy (non-hydrogen) atoms. The van der Waals surface area contributed by atoms with Gasteiger partial charge in [-0.2, -0.15) is 0 Å². The monoisotopic (exact) mass is 481 g/mol. The van der Waals surface area contributed by atoms with E-state index in [-0.39, 0.29) is 44.0 Å². The topological polar surface area (TPSA) is 134 Å². The molecule has 2 N–H and O–H groups in total. The molecule has 4 amide bonds. The van der Waals surface area contributed by atoms with Crippen LogP contribution in [0, 0.1) is 5.92 Å². The number of hydrogen-bond donors (Lipinski definition) is 2. The molecule has 2 aromatic rings. The van der Waals surface area contributed by atoms with E-state index in [9.17, 15) is 19.2 Å². The SMILES string of the molecule is CNC(=O)Nc1ccc2c(c1)CC(=O)[C@]21OCN(CC(=O)N(Cc2cocn2)C(C)C2CC2)C1=O. The molecule has 11 heteroatoms. The van der Waals surface area contributed by atoms with Crippen LogP contribution in [0.25, 0.3) is 0 Å². The van der Waals surface area contributed by atoms with Crippen LogP contribution in [0.1, 0.15) is 36.6 Å². The molecule has 11 nitrogen and oxygen atoms in total. The number of urea groups is 1. The lowest BCUT2D eigenvalue weighted by Gasteiger charge is -2.30. The second-order valence-corrected chi connectivity index (χ2v) is 9.21. The van der Waals surface area contributed by atoms with Gasteiger partial charge in [0.25, 0.3) is 5.91 Å². The highest BCUT2D eigenvalue weighted by atomic mass is 16.5. The van der Waals surface area contributed by atoms with E-state index in [0.717, 1.165) is 12.8 Å². The van der Waals surface area contributed by atoms with E-state index in [1.54, 1.807) is 23.1 Å². The van der Waals surface area contributed by atoms with Crippen LogP contribution in [0.5, 0.6) is 0 Å². The summed E-state index contributed by atoms with van der Waals surface area (Å²) < 4.78 is 10.9. The molecule has 2 heterocycles. The fourth-order valence-electron chi connectivity index (χ4n) is 4.87. The van der Waals surface area contributed by atoms with Crippen molar-refractivity contribution in [3.8, 4) is 0 Å². The molecule has 1 spiro atoms. The number of rotatable bonds is 7. The van der Waals surface area contributed by atoms with Crippen molar-refractivity contribution in [2.45, 2.75) is 44.4 Å². The summed E-state index contributed by atoms with van der Waals surface area (Å²) in [6.07, 6.45) is 4.94. The zero-order valence-corrected chi connectivity index (χ0v) is 19.6. The second kappa shape index (κ2) is 8.81. The van der Waals surface area contributed by atoms with Crippen molar-refractivity contribution in [3.63, 3.8) is 0 Å². The summed E-state index contributed by atoms with van der Waals surface area (Å²) in [6, 6.07) is 4.51. The van der Waals surface area contributed by atoms with E-state index >= 15 is 0 Å². The third kappa shape index (κ3) is 4.05. The fourth-order valence-corrected chi connectivity index (χ4v) is 4.87. The van der Waals surface area contributed by atoms with Gasteiger partial charge >= 0.3 is 6.03 Å². The molecule has 2 fully saturated rings. The Kier molecular flexibility index (Phi) is 5.79. The molecule has 184 valence electrons. The van der Waals surface area contributed by atoms with Crippen LogP contribution in [0.15, 0.2) is 35.3 Å². The summed E-state index contributed by atoms with van der Waals surface area (Å²) in [5.41, 5.74) is 0.451. The number of nitrogens with one attached hydrogen (secondary N) is 2. The minimum absolute atomic E-state index is 0.00310. The Bertz CT molecular complexity index is 1180. The largest absolute Gasteiger partial charge is 0.451 e. The highest BCUT2D eigenvalue weighted by Gasteiger charge is 2.59. The van der Waals surface area contributed by atoms with Gasteiger partial charge in [0.2, 0.25) is 11.5 Å². The number of benzene rings is 1. The van der Waals surface area contributed by atoms with Gasteiger partial charge in [-0.05, 0) is 43.4 Å². The molecule has 2 atom stereocenters. The minimum atomic E-state index is -1.75. The van der Waals surface area contributed by atoms with Crippen molar-refractivity contribution in [2.24, 2.45) is 5.92 Å². The smallest absolute Gasteiger partial charge is 0.318 e. The number of carbonyl (C=O) groups excluding carboxylic acids is 4. The molecule has 0 bridgehead atoms. The van der Waals surface area contributed by atoms with E-state index < -0.39 is 17.5 Å². The predicted octanol–water partition coefficient (Wildman–Crippen LogP) is 1.39. The molecule has 1 aliphatic heterocycles. The first kappa shape index (κ1) is 23.0. The lowest BCUT2D eigenvalue weighted by Crippen LogP contribution is -2.48. The van der Waals surface area contributed by atoms with Crippen LogP contribution < -0.4 is 10.6 Å². The number of fused-ring (bicyclic) bond motifs is 2. The van der Waals surface area contributed by atoms with Gasteiger partial charge in [0.1, 0.15) is 19.5 Å². The van der Waals surface area contributed by atoms with E-state index in [4.69, 9.17) is 9.15 Å². The average molecular weight is 482 g/mol. The van der Waals surface area contributed by atoms with Crippen LogP contribution in [0.2, 0.25) is 0 Å². The first-order valence-corrected chi connectivity index (χ1v) is 11.6. The predicted molar refractivity (Wildman–Crippen MR) is 122 cm³/mol. The minimum Gasteiger partial charge on any atom is -0.451 e. The van der Waals surface area contributed by atoms with Crippen molar-refractivity contribution >= 4 is 29.3 Å². The summed E-state index contributed by atoms with van der Waals surface area (Å²) in [4.78, 5) is 58.7. The summed E-state index contributed by atoms with van der Waals surface area (Å²) in [6.45, 7) is 1.92. The second-order valence-electron chi connectivity index (χ2n) is 9.21. The van der Waals surface area contributed by atoms with Crippen LogP contribution in [0.4, 0.5) is 10.5 Å². The lowest BCUT2D eigenvalue weighted by molar-refractivity contribution is -0.149. The normalized spacial score (nSPS) is 21.8. The van der Waals surface area contributed by atoms with Crippen LogP contribution in [0.3, 0.4) is 0 Å². The molecule has 0 radical (unpaired) electrons. The fraction of sp³-hybridized carbons (Fsp3) is 0.458. The standard InChI is InChI=1S/C24H27N5O6/c1-14(15-3-4-15)29(9-18-11-34-12-26-18)21(31)10-28-13-35-24(22(28)32)19-6-5-17(27-23(33)25-2)7-16(19)8-20(24)30/h5-7,11-12,14-15H,3-4,8-10,13H2,1-2H3,(H2,25,27,33)/t14?,24-/m1/s1. The first-order valence-electron chi connectivity index (χ1n) is 11.6. The molecule has 1 aromatic carbocycles. The van der Waals surface area contributed by atoms with E-state index in [0.29, 0.717) is 28.4 Å². The Morgan fingerprint density at radius 3 is 2.80 bits per heavy atom. The van der Waals surface area contributed by atoms with Gasteiger partial charge in [-0.25, -0.2) is 9.78 Å².